The molecule has 1 aliphatic carbocycles. The fourth-order valence-corrected chi connectivity index (χ4v) is 6.43. The van der Waals surface area contributed by atoms with Crippen LogP contribution in [0.25, 0.3) is 28.1 Å². The first kappa shape index (κ1) is 32.5. The Morgan fingerprint density at radius 2 is 1.45 bits per heavy atom. The molecule has 3 aromatic rings. The van der Waals surface area contributed by atoms with Crippen molar-refractivity contribution in [3.63, 3.8) is 0 Å². The number of aliphatic hydroxyl groups is 1. The Hall–Kier alpha value is -4.42. The molecule has 0 aromatic heterocycles. The van der Waals surface area contributed by atoms with Crippen LogP contribution in [0.5, 0.6) is 0 Å². The molecule has 0 saturated carbocycles. The lowest BCUT2D eigenvalue weighted by atomic mass is 9.77. The molecule has 2 unspecified atom stereocenters. The van der Waals surface area contributed by atoms with Crippen LogP contribution >= 0.6 is 0 Å². The first-order valence-corrected chi connectivity index (χ1v) is 15.0. The summed E-state index contributed by atoms with van der Waals surface area (Å²) in [5.74, 6) is 0. The molecule has 1 fully saturated rings. The second-order valence-corrected chi connectivity index (χ2v) is 13.1. The Labute approximate surface area is 267 Å². The van der Waals surface area contributed by atoms with E-state index in [-0.39, 0.29) is 5.54 Å². The van der Waals surface area contributed by atoms with Crippen molar-refractivity contribution in [3.8, 4) is 17.1 Å². The maximum absolute atomic E-state index is 13.4. The number of hydrogen-bond donors (Lipinski definition) is 3. The number of anilines is 2. The molecule has 2 aliphatic heterocycles. The highest BCUT2D eigenvalue weighted by Gasteiger charge is 2.45. The van der Waals surface area contributed by atoms with Crippen molar-refractivity contribution in [3.05, 3.63) is 101 Å². The summed E-state index contributed by atoms with van der Waals surface area (Å²) in [5.41, 5.74) is 0.814. The van der Waals surface area contributed by atoms with E-state index >= 15 is 0 Å². The molecular formula is C35H33F6N5O. The third-order valence-corrected chi connectivity index (χ3v) is 8.43. The van der Waals surface area contributed by atoms with E-state index in [1.54, 1.807) is 34.9 Å². The molecule has 12 heteroatoms. The highest BCUT2D eigenvalue weighted by Crippen LogP contribution is 2.35. The smallest absolute Gasteiger partial charge is 0.389 e. The van der Waals surface area contributed by atoms with Crippen LogP contribution in [0.3, 0.4) is 0 Å². The maximum atomic E-state index is 13.4. The van der Waals surface area contributed by atoms with Crippen LogP contribution in [0.15, 0.2) is 89.9 Å². The van der Waals surface area contributed by atoms with E-state index in [2.05, 4.69) is 10.6 Å². The van der Waals surface area contributed by atoms with Crippen LogP contribution in [0.4, 0.5) is 37.7 Å². The van der Waals surface area contributed by atoms with Gasteiger partial charge in [0, 0.05) is 22.5 Å². The van der Waals surface area contributed by atoms with Gasteiger partial charge in [0.1, 0.15) is 0 Å². The molecular weight excluding hydrogens is 620 g/mol. The first-order chi connectivity index (χ1) is 21.9. The zero-order chi connectivity index (χ0) is 33.9. The predicted octanol–water partition coefficient (Wildman–Crippen LogP) is 8.09. The topological polar surface area (TPSA) is 74.5 Å². The Bertz CT molecular complexity index is 1960. The molecule has 0 bridgehead atoms. The summed E-state index contributed by atoms with van der Waals surface area (Å²) >= 11 is 0. The van der Waals surface area contributed by atoms with Gasteiger partial charge in [-0.25, -0.2) is 4.98 Å². The summed E-state index contributed by atoms with van der Waals surface area (Å²) in [6.45, 7) is 7.80. The van der Waals surface area contributed by atoms with Gasteiger partial charge >= 0.3 is 12.4 Å². The average molecular weight is 654 g/mol. The number of aromatic nitrogens is 2. The van der Waals surface area contributed by atoms with E-state index < -0.39 is 41.2 Å². The van der Waals surface area contributed by atoms with Gasteiger partial charge in [-0.15, -0.1) is 0 Å². The largest absolute Gasteiger partial charge is 0.416 e. The summed E-state index contributed by atoms with van der Waals surface area (Å²) < 4.78 is 81.9. The van der Waals surface area contributed by atoms with Crippen molar-refractivity contribution in [2.75, 3.05) is 5.32 Å². The van der Waals surface area contributed by atoms with E-state index in [0.29, 0.717) is 51.3 Å². The number of halogens is 6. The molecule has 0 radical (unpaired) electrons. The second kappa shape index (κ2) is 11.4. The van der Waals surface area contributed by atoms with E-state index in [1.807, 2.05) is 33.8 Å². The third-order valence-electron chi connectivity index (χ3n) is 8.43. The van der Waals surface area contributed by atoms with Crippen molar-refractivity contribution in [2.45, 2.75) is 69.7 Å². The number of piperidine rings is 1. The normalized spacial score (nSPS) is 20.1. The van der Waals surface area contributed by atoms with Gasteiger partial charge in [-0.3, -0.25) is 4.99 Å². The van der Waals surface area contributed by atoms with Gasteiger partial charge in [-0.2, -0.15) is 26.3 Å². The molecule has 1 saturated heterocycles. The first-order valence-electron chi connectivity index (χ1n) is 15.0. The minimum atomic E-state index is -4.51. The Morgan fingerprint density at radius 1 is 0.851 bits per heavy atom. The van der Waals surface area contributed by atoms with Crippen LogP contribution in [0.1, 0.15) is 45.2 Å². The number of nitrogens with zero attached hydrogens (tertiary/aromatic N) is 3. The van der Waals surface area contributed by atoms with Gasteiger partial charge in [-0.05, 0) is 107 Å². The Morgan fingerprint density at radius 3 is 2.06 bits per heavy atom. The number of rotatable bonds is 4. The number of benzene rings is 4. The van der Waals surface area contributed by atoms with Crippen LogP contribution in [-0.4, -0.2) is 37.9 Å². The highest BCUT2D eigenvalue weighted by molar-refractivity contribution is 5.84. The maximum Gasteiger partial charge on any atom is 0.416 e. The molecule has 2 heterocycles. The fraction of sp³-hybridized carbons (Fsp3) is 0.314. The number of hydrogen-bond acceptors (Lipinski definition) is 5. The lowest BCUT2D eigenvalue weighted by Crippen LogP contribution is -2.67. The quantitative estimate of drug-likeness (QED) is 0.135. The van der Waals surface area contributed by atoms with Gasteiger partial charge in [0.25, 0.3) is 0 Å². The molecule has 6 nitrogen and oxygen atoms in total. The van der Waals surface area contributed by atoms with Gasteiger partial charge < -0.3 is 20.3 Å². The third kappa shape index (κ3) is 6.57. The molecule has 6 rings (SSSR count). The van der Waals surface area contributed by atoms with Gasteiger partial charge in [0.2, 0.25) is 0 Å². The zero-order valence-electron chi connectivity index (χ0n) is 26.0. The summed E-state index contributed by atoms with van der Waals surface area (Å²) in [6.07, 6.45) is -9.41. The SMILES string of the molecule is CC1(C)CC(N=c2cc3n(-c4ccc(C(F)(F)F)cc4)c4ccccc4nc-3cc2Nc2ccc(C(F)(F)F)cc2)C(O)C(C)(C)N1. The lowest BCUT2D eigenvalue weighted by molar-refractivity contribution is -0.138. The molecule has 3 aromatic carbocycles. The number of aliphatic hydroxyl groups excluding tert-OH is 1. The Kier molecular flexibility index (Phi) is 7.87. The average Bonchev–Trinajstić information content (AvgIpc) is 2.98. The summed E-state index contributed by atoms with van der Waals surface area (Å²) in [5, 5.41) is 18.4. The van der Waals surface area contributed by atoms with Crippen molar-refractivity contribution in [2.24, 2.45) is 4.99 Å². The molecule has 0 amide bonds. The summed E-state index contributed by atoms with van der Waals surface area (Å²) in [6, 6.07) is 19.5. The second-order valence-electron chi connectivity index (χ2n) is 13.1. The van der Waals surface area contributed by atoms with Crippen molar-refractivity contribution >= 4 is 22.4 Å². The lowest BCUT2D eigenvalue weighted by Gasteiger charge is -2.48. The van der Waals surface area contributed by atoms with E-state index in [4.69, 9.17) is 9.98 Å². The van der Waals surface area contributed by atoms with Gasteiger partial charge in [0.05, 0.1) is 56.7 Å². The monoisotopic (exact) mass is 653 g/mol. The van der Waals surface area contributed by atoms with Crippen LogP contribution in [0.2, 0.25) is 0 Å². The summed E-state index contributed by atoms with van der Waals surface area (Å²) in [7, 11) is 0. The van der Waals surface area contributed by atoms with Crippen LogP contribution in [0, 0.1) is 0 Å². The summed E-state index contributed by atoms with van der Waals surface area (Å²) in [4.78, 5) is 9.86. The molecule has 3 aliphatic rings. The van der Waals surface area contributed by atoms with Crippen molar-refractivity contribution < 1.29 is 31.4 Å². The van der Waals surface area contributed by atoms with Crippen molar-refractivity contribution in [1.82, 2.24) is 14.9 Å². The molecule has 2 atom stereocenters. The number of para-hydroxylation sites is 2. The van der Waals surface area contributed by atoms with Crippen LogP contribution < -0.4 is 16.0 Å². The van der Waals surface area contributed by atoms with E-state index in [0.717, 1.165) is 24.3 Å². The van der Waals surface area contributed by atoms with Crippen LogP contribution in [-0.2, 0) is 12.4 Å². The van der Waals surface area contributed by atoms with Gasteiger partial charge in [0.15, 0.2) is 0 Å². The number of nitrogens with one attached hydrogen (secondary N) is 2. The molecule has 246 valence electrons. The predicted molar refractivity (Wildman–Crippen MR) is 169 cm³/mol. The minimum Gasteiger partial charge on any atom is -0.389 e. The molecule has 3 N–H and O–H groups in total. The standard InChI is InChI=1S/C35H33F6N5O/c1-32(2)19-28(31(47)33(3,4)45-32)44-26-18-30-27(17-25(26)42-22-13-9-20(10-14-22)34(36,37)38)43-24-7-5-6-8-29(24)46(30)23-15-11-21(12-16-23)35(39,40)41/h5-18,28,31,42,45,47H,19H2,1-4H3. The number of alkyl halides is 6. The van der Waals surface area contributed by atoms with Gasteiger partial charge in [-0.1, -0.05) is 12.1 Å². The fourth-order valence-electron chi connectivity index (χ4n) is 6.43. The molecule has 47 heavy (non-hydrogen) atoms. The van der Waals surface area contributed by atoms with E-state index in [9.17, 15) is 31.4 Å². The highest BCUT2D eigenvalue weighted by atomic mass is 19.4. The number of fused-ring (bicyclic) bond motifs is 2. The Balaban J connectivity index is 1.59. The zero-order valence-corrected chi connectivity index (χ0v) is 26.0. The molecule has 0 spiro atoms. The minimum absolute atomic E-state index is 0.372. The van der Waals surface area contributed by atoms with E-state index in [1.165, 1.54) is 24.3 Å². The van der Waals surface area contributed by atoms with Crippen molar-refractivity contribution in [1.29, 1.82) is 0 Å².